The van der Waals surface area contributed by atoms with Gasteiger partial charge in [0.05, 0.1) is 12.9 Å². The third kappa shape index (κ3) is 2.20. The Bertz CT molecular complexity index is 434. The molecule has 0 aromatic carbocycles. The molecule has 2 rings (SSSR count). The summed E-state index contributed by atoms with van der Waals surface area (Å²) in [5.41, 5.74) is 0.986. The second-order valence-corrected chi connectivity index (χ2v) is 2.77. The Kier molecular flexibility index (Phi) is 2.58. The topological polar surface area (TPSA) is 30.7 Å². The number of rotatable bonds is 1. The van der Waals surface area contributed by atoms with Gasteiger partial charge in [0.2, 0.25) is 0 Å². The second-order valence-electron chi connectivity index (χ2n) is 2.77. The van der Waals surface area contributed by atoms with Gasteiger partial charge in [0.1, 0.15) is 0 Å². The Morgan fingerprint density at radius 3 is 2.71 bits per heavy atom. The van der Waals surface area contributed by atoms with Gasteiger partial charge in [0.15, 0.2) is 0 Å². The minimum absolute atomic E-state index is 0.669. The molecular formula is C11H9N3. The zero-order valence-corrected chi connectivity index (χ0v) is 7.59. The van der Waals surface area contributed by atoms with Gasteiger partial charge in [0.25, 0.3) is 0 Å². The van der Waals surface area contributed by atoms with E-state index in [0.29, 0.717) is 6.54 Å². The smallest absolute Gasteiger partial charge is 0.0954 e. The van der Waals surface area contributed by atoms with E-state index in [1.54, 1.807) is 24.9 Å². The van der Waals surface area contributed by atoms with Crippen molar-refractivity contribution in [2.75, 3.05) is 0 Å². The minimum Gasteiger partial charge on any atom is -0.326 e. The number of hydrogen-bond donors (Lipinski definition) is 0. The predicted molar refractivity (Wildman–Crippen MR) is 53.3 cm³/mol. The van der Waals surface area contributed by atoms with E-state index in [4.69, 9.17) is 0 Å². The molecule has 3 heteroatoms. The monoisotopic (exact) mass is 183 g/mol. The largest absolute Gasteiger partial charge is 0.326 e. The maximum Gasteiger partial charge on any atom is 0.0954 e. The summed E-state index contributed by atoms with van der Waals surface area (Å²) in [6.45, 7) is 0.669. The Labute approximate surface area is 82.4 Å². The molecule has 2 heterocycles. The molecule has 0 aliphatic rings. The summed E-state index contributed by atoms with van der Waals surface area (Å²) in [5, 5.41) is 0. The maximum atomic E-state index is 3.93. The van der Waals surface area contributed by atoms with Gasteiger partial charge in [0, 0.05) is 30.4 Å². The van der Waals surface area contributed by atoms with Crippen molar-refractivity contribution in [3.63, 3.8) is 0 Å². The van der Waals surface area contributed by atoms with E-state index >= 15 is 0 Å². The first-order valence-electron chi connectivity index (χ1n) is 4.30. The van der Waals surface area contributed by atoms with Crippen LogP contribution in [0.2, 0.25) is 0 Å². The zero-order chi connectivity index (χ0) is 9.64. The summed E-state index contributed by atoms with van der Waals surface area (Å²) >= 11 is 0. The fourth-order valence-corrected chi connectivity index (χ4v) is 1.05. The van der Waals surface area contributed by atoms with Crippen molar-refractivity contribution < 1.29 is 0 Å². The Morgan fingerprint density at radius 2 is 2.00 bits per heavy atom. The second kappa shape index (κ2) is 4.24. The molecule has 68 valence electrons. The maximum absolute atomic E-state index is 3.93. The molecule has 0 saturated heterocycles. The first-order valence-corrected chi connectivity index (χ1v) is 4.30. The number of imidazole rings is 1. The van der Waals surface area contributed by atoms with Gasteiger partial charge >= 0.3 is 0 Å². The van der Waals surface area contributed by atoms with E-state index < -0.39 is 0 Å². The van der Waals surface area contributed by atoms with E-state index in [2.05, 4.69) is 21.8 Å². The third-order valence-electron chi connectivity index (χ3n) is 1.73. The molecule has 3 nitrogen and oxygen atoms in total. The fraction of sp³-hybridized carbons (Fsp3) is 0.0909. The summed E-state index contributed by atoms with van der Waals surface area (Å²) < 4.78 is 1.92. The molecular weight excluding hydrogens is 174 g/mol. The van der Waals surface area contributed by atoms with Crippen molar-refractivity contribution >= 4 is 0 Å². The molecule has 0 saturated carbocycles. The van der Waals surface area contributed by atoms with Gasteiger partial charge in [-0.25, -0.2) is 4.98 Å². The molecule has 0 unspecified atom stereocenters. The third-order valence-corrected chi connectivity index (χ3v) is 1.73. The van der Waals surface area contributed by atoms with Gasteiger partial charge in [-0.1, -0.05) is 11.8 Å². The molecule has 0 aliphatic heterocycles. The summed E-state index contributed by atoms with van der Waals surface area (Å²) in [7, 11) is 0. The summed E-state index contributed by atoms with van der Waals surface area (Å²) in [4.78, 5) is 7.85. The lowest BCUT2D eigenvalue weighted by atomic mass is 10.3. The minimum atomic E-state index is 0.669. The number of aromatic nitrogens is 3. The van der Waals surface area contributed by atoms with Crippen molar-refractivity contribution in [3.8, 4) is 11.8 Å². The van der Waals surface area contributed by atoms with Gasteiger partial charge in [-0.15, -0.1) is 0 Å². The van der Waals surface area contributed by atoms with Crippen molar-refractivity contribution in [3.05, 3.63) is 48.8 Å². The van der Waals surface area contributed by atoms with Crippen LogP contribution in [-0.2, 0) is 6.54 Å². The normalized spacial score (nSPS) is 9.14. The molecule has 2 aromatic heterocycles. The molecule has 2 aromatic rings. The summed E-state index contributed by atoms with van der Waals surface area (Å²) in [6, 6.07) is 3.78. The number of nitrogens with zero attached hydrogens (tertiary/aromatic N) is 3. The van der Waals surface area contributed by atoms with Crippen LogP contribution in [0, 0.1) is 11.8 Å². The highest BCUT2D eigenvalue weighted by Crippen LogP contribution is 1.92. The van der Waals surface area contributed by atoms with Crippen LogP contribution in [0.15, 0.2) is 43.2 Å². The molecule has 0 spiro atoms. The molecule has 0 bridgehead atoms. The van der Waals surface area contributed by atoms with Crippen LogP contribution in [0.3, 0.4) is 0 Å². The number of pyridine rings is 1. The standard InChI is InChI=1S/C11H9N3/c1(8-14-9-7-13-10-14)2-11-3-5-12-6-4-11/h3-7,9-10H,8H2. The first-order chi connectivity index (χ1) is 6.95. The van der Waals surface area contributed by atoms with E-state index in [0.717, 1.165) is 5.56 Å². The molecule has 14 heavy (non-hydrogen) atoms. The Hall–Kier alpha value is -2.08. The zero-order valence-electron chi connectivity index (χ0n) is 7.59. The van der Waals surface area contributed by atoms with Crippen LogP contribution in [0.1, 0.15) is 5.56 Å². The van der Waals surface area contributed by atoms with Crippen LogP contribution in [0.4, 0.5) is 0 Å². The van der Waals surface area contributed by atoms with Crippen molar-refractivity contribution in [1.82, 2.24) is 14.5 Å². The molecule has 0 atom stereocenters. The molecule has 0 fully saturated rings. The van der Waals surface area contributed by atoms with Crippen molar-refractivity contribution in [2.24, 2.45) is 0 Å². The molecule has 0 aliphatic carbocycles. The van der Waals surface area contributed by atoms with E-state index in [9.17, 15) is 0 Å². The molecule has 0 N–H and O–H groups in total. The Balaban J connectivity index is 2.02. The average molecular weight is 183 g/mol. The SMILES string of the molecule is C(#Cc1ccncc1)Cn1ccnc1. The van der Waals surface area contributed by atoms with Crippen LogP contribution in [0.5, 0.6) is 0 Å². The van der Waals surface area contributed by atoms with Gasteiger partial charge in [-0.05, 0) is 12.1 Å². The predicted octanol–water partition coefficient (Wildman–Crippen LogP) is 1.33. The van der Waals surface area contributed by atoms with E-state index in [-0.39, 0.29) is 0 Å². The van der Waals surface area contributed by atoms with Crippen LogP contribution < -0.4 is 0 Å². The molecule has 0 radical (unpaired) electrons. The van der Waals surface area contributed by atoms with Crippen LogP contribution >= 0.6 is 0 Å². The Morgan fingerprint density at radius 1 is 1.14 bits per heavy atom. The van der Waals surface area contributed by atoms with Crippen LogP contribution in [0.25, 0.3) is 0 Å². The summed E-state index contributed by atoms with van der Waals surface area (Å²) in [6.07, 6.45) is 8.86. The van der Waals surface area contributed by atoms with Gasteiger partial charge < -0.3 is 4.57 Å². The van der Waals surface area contributed by atoms with Crippen molar-refractivity contribution in [1.29, 1.82) is 0 Å². The lowest BCUT2D eigenvalue weighted by Crippen LogP contribution is -1.89. The van der Waals surface area contributed by atoms with Gasteiger partial charge in [-0.2, -0.15) is 0 Å². The number of hydrogen-bond acceptors (Lipinski definition) is 2. The van der Waals surface area contributed by atoms with Crippen molar-refractivity contribution in [2.45, 2.75) is 6.54 Å². The highest BCUT2D eigenvalue weighted by atomic mass is 15.0. The highest BCUT2D eigenvalue weighted by Gasteiger charge is 1.84. The lowest BCUT2D eigenvalue weighted by Gasteiger charge is -1.90. The quantitative estimate of drug-likeness (QED) is 0.624. The average Bonchev–Trinajstić information content (AvgIpc) is 2.72. The summed E-state index contributed by atoms with van der Waals surface area (Å²) in [5.74, 6) is 6.09. The first kappa shape index (κ1) is 8.52. The van der Waals surface area contributed by atoms with Gasteiger partial charge in [-0.3, -0.25) is 4.98 Å². The lowest BCUT2D eigenvalue weighted by molar-refractivity contribution is 0.840. The van der Waals surface area contributed by atoms with E-state index in [1.807, 2.05) is 22.9 Å². The van der Waals surface area contributed by atoms with E-state index in [1.165, 1.54) is 0 Å². The fourth-order valence-electron chi connectivity index (χ4n) is 1.05. The highest BCUT2D eigenvalue weighted by molar-refractivity contribution is 5.31. The molecule has 0 amide bonds. The van der Waals surface area contributed by atoms with Crippen LogP contribution in [-0.4, -0.2) is 14.5 Å².